The Kier molecular flexibility index (Phi) is 4.85. The van der Waals surface area contributed by atoms with Gasteiger partial charge in [0.1, 0.15) is 0 Å². The molecule has 1 aromatic carbocycles. The molecule has 0 aliphatic carbocycles. The Morgan fingerprint density at radius 3 is 2.32 bits per heavy atom. The Bertz CT molecular complexity index is 417. The molecule has 1 unspecified atom stereocenters. The van der Waals surface area contributed by atoms with Gasteiger partial charge < -0.3 is 10.6 Å². The van der Waals surface area contributed by atoms with Gasteiger partial charge in [0.05, 0.1) is 0 Å². The molecule has 0 spiro atoms. The van der Waals surface area contributed by atoms with Gasteiger partial charge in [-0.05, 0) is 24.2 Å². The van der Waals surface area contributed by atoms with Crippen LogP contribution in [0, 0.1) is 11.6 Å². The fourth-order valence-corrected chi connectivity index (χ4v) is 2.41. The van der Waals surface area contributed by atoms with E-state index in [-0.39, 0.29) is 6.04 Å². The summed E-state index contributed by atoms with van der Waals surface area (Å²) in [4.78, 5) is 4.66. The zero-order valence-electron chi connectivity index (χ0n) is 11.3. The van der Waals surface area contributed by atoms with E-state index in [1.54, 1.807) is 6.07 Å². The first-order chi connectivity index (χ1) is 9.10. The van der Waals surface area contributed by atoms with E-state index in [2.05, 4.69) is 16.7 Å². The highest BCUT2D eigenvalue weighted by atomic mass is 19.2. The van der Waals surface area contributed by atoms with Crippen LogP contribution in [0.2, 0.25) is 0 Å². The van der Waals surface area contributed by atoms with Gasteiger partial charge >= 0.3 is 0 Å². The molecule has 1 fully saturated rings. The lowest BCUT2D eigenvalue weighted by atomic mass is 10.1. The van der Waals surface area contributed by atoms with Gasteiger partial charge in [-0.1, -0.05) is 13.0 Å². The first-order valence-electron chi connectivity index (χ1n) is 6.75. The summed E-state index contributed by atoms with van der Waals surface area (Å²) < 4.78 is 26.0. The van der Waals surface area contributed by atoms with Crippen LogP contribution in [0.4, 0.5) is 8.78 Å². The third-order valence-corrected chi connectivity index (χ3v) is 3.74. The molecule has 2 N–H and O–H groups in total. The minimum Gasteiger partial charge on any atom is -0.323 e. The fourth-order valence-electron chi connectivity index (χ4n) is 2.41. The standard InChI is InChI=1S/C14H21F2N3/c1-2-18-5-7-19(8-6-18)10-14(17)11-3-4-12(15)13(16)9-11/h3-4,9,14H,2,5-8,10,17H2,1H3. The fraction of sp³-hybridized carbons (Fsp3) is 0.571. The molecule has 1 saturated heterocycles. The smallest absolute Gasteiger partial charge is 0.159 e. The van der Waals surface area contributed by atoms with Crippen molar-refractivity contribution >= 4 is 0 Å². The lowest BCUT2D eigenvalue weighted by Crippen LogP contribution is -2.48. The van der Waals surface area contributed by atoms with Crippen molar-refractivity contribution in [2.24, 2.45) is 5.73 Å². The lowest BCUT2D eigenvalue weighted by Gasteiger charge is -2.35. The lowest BCUT2D eigenvalue weighted by molar-refractivity contribution is 0.131. The molecule has 3 nitrogen and oxygen atoms in total. The highest BCUT2D eigenvalue weighted by molar-refractivity contribution is 5.21. The molecular formula is C14H21F2N3. The predicted molar refractivity (Wildman–Crippen MR) is 71.8 cm³/mol. The molecule has 19 heavy (non-hydrogen) atoms. The minimum atomic E-state index is -0.830. The van der Waals surface area contributed by atoms with Crippen molar-refractivity contribution in [2.45, 2.75) is 13.0 Å². The van der Waals surface area contributed by atoms with Gasteiger partial charge in [0, 0.05) is 38.8 Å². The van der Waals surface area contributed by atoms with Gasteiger partial charge in [-0.15, -0.1) is 0 Å². The first-order valence-corrected chi connectivity index (χ1v) is 6.75. The molecule has 1 aromatic rings. The van der Waals surface area contributed by atoms with E-state index >= 15 is 0 Å². The molecule has 0 aromatic heterocycles. The molecule has 106 valence electrons. The van der Waals surface area contributed by atoms with Crippen molar-refractivity contribution in [3.8, 4) is 0 Å². The van der Waals surface area contributed by atoms with Crippen molar-refractivity contribution in [3.05, 3.63) is 35.4 Å². The number of nitrogens with zero attached hydrogens (tertiary/aromatic N) is 2. The van der Waals surface area contributed by atoms with Crippen LogP contribution < -0.4 is 5.73 Å². The van der Waals surface area contributed by atoms with Gasteiger partial charge in [-0.25, -0.2) is 8.78 Å². The largest absolute Gasteiger partial charge is 0.323 e. The molecule has 0 radical (unpaired) electrons. The molecule has 1 aliphatic heterocycles. The predicted octanol–water partition coefficient (Wildman–Crippen LogP) is 1.60. The maximum absolute atomic E-state index is 13.2. The van der Waals surface area contributed by atoms with E-state index < -0.39 is 11.6 Å². The number of hydrogen-bond donors (Lipinski definition) is 1. The summed E-state index contributed by atoms with van der Waals surface area (Å²) in [5.74, 6) is -1.66. The van der Waals surface area contributed by atoms with Gasteiger partial charge in [0.25, 0.3) is 0 Å². The van der Waals surface area contributed by atoms with Gasteiger partial charge in [-0.2, -0.15) is 0 Å². The minimum absolute atomic E-state index is 0.275. The van der Waals surface area contributed by atoms with Crippen molar-refractivity contribution in [1.82, 2.24) is 9.80 Å². The summed E-state index contributed by atoms with van der Waals surface area (Å²) in [7, 11) is 0. The Labute approximate surface area is 113 Å². The summed E-state index contributed by atoms with van der Waals surface area (Å²) >= 11 is 0. The average molecular weight is 269 g/mol. The molecule has 0 amide bonds. The monoisotopic (exact) mass is 269 g/mol. The maximum Gasteiger partial charge on any atom is 0.159 e. The van der Waals surface area contributed by atoms with Crippen LogP contribution in [0.5, 0.6) is 0 Å². The van der Waals surface area contributed by atoms with Crippen molar-refractivity contribution in [3.63, 3.8) is 0 Å². The topological polar surface area (TPSA) is 32.5 Å². The Balaban J connectivity index is 1.90. The second kappa shape index (κ2) is 6.41. The highest BCUT2D eigenvalue weighted by Crippen LogP contribution is 2.16. The molecule has 1 heterocycles. The van der Waals surface area contributed by atoms with E-state index in [9.17, 15) is 8.78 Å². The SMILES string of the molecule is CCN1CCN(CC(N)c2ccc(F)c(F)c2)CC1. The van der Waals surface area contributed by atoms with E-state index in [0.717, 1.165) is 38.8 Å². The van der Waals surface area contributed by atoms with Gasteiger partial charge in [-0.3, -0.25) is 4.90 Å². The highest BCUT2D eigenvalue weighted by Gasteiger charge is 2.18. The number of halogens is 2. The molecule has 1 aliphatic rings. The number of piperazine rings is 1. The molecule has 1 atom stereocenters. The Morgan fingerprint density at radius 1 is 1.11 bits per heavy atom. The number of rotatable bonds is 4. The third-order valence-electron chi connectivity index (χ3n) is 3.74. The quantitative estimate of drug-likeness (QED) is 0.901. The van der Waals surface area contributed by atoms with E-state index in [1.165, 1.54) is 6.07 Å². The normalized spacial score (nSPS) is 19.6. The van der Waals surface area contributed by atoms with Gasteiger partial charge in [0.15, 0.2) is 11.6 Å². The molecule has 0 bridgehead atoms. The van der Waals surface area contributed by atoms with Gasteiger partial charge in [0.2, 0.25) is 0 Å². The Hall–Kier alpha value is -1.04. The summed E-state index contributed by atoms with van der Waals surface area (Å²) in [6, 6.07) is 3.62. The van der Waals surface area contributed by atoms with Crippen molar-refractivity contribution in [2.75, 3.05) is 39.3 Å². The van der Waals surface area contributed by atoms with Crippen molar-refractivity contribution < 1.29 is 8.78 Å². The summed E-state index contributed by atoms with van der Waals surface area (Å²) in [6.07, 6.45) is 0. The summed E-state index contributed by atoms with van der Waals surface area (Å²) in [5.41, 5.74) is 6.72. The van der Waals surface area contributed by atoms with Crippen LogP contribution in [-0.4, -0.2) is 49.1 Å². The molecule has 5 heteroatoms. The second-order valence-electron chi connectivity index (χ2n) is 5.01. The number of benzene rings is 1. The number of nitrogens with two attached hydrogens (primary N) is 1. The van der Waals surface area contributed by atoms with Crippen molar-refractivity contribution in [1.29, 1.82) is 0 Å². The number of hydrogen-bond acceptors (Lipinski definition) is 3. The Morgan fingerprint density at radius 2 is 1.74 bits per heavy atom. The third kappa shape index (κ3) is 3.72. The molecule has 0 saturated carbocycles. The van der Waals surface area contributed by atoms with Crippen LogP contribution >= 0.6 is 0 Å². The van der Waals surface area contributed by atoms with Crippen LogP contribution in [0.15, 0.2) is 18.2 Å². The first kappa shape index (κ1) is 14.4. The molecular weight excluding hydrogens is 248 g/mol. The van der Waals surface area contributed by atoms with E-state index in [0.29, 0.717) is 12.1 Å². The summed E-state index contributed by atoms with van der Waals surface area (Å²) in [5, 5.41) is 0. The van der Waals surface area contributed by atoms with Crippen LogP contribution in [0.3, 0.4) is 0 Å². The summed E-state index contributed by atoms with van der Waals surface area (Å²) in [6.45, 7) is 7.95. The van der Waals surface area contributed by atoms with E-state index in [4.69, 9.17) is 5.73 Å². The van der Waals surface area contributed by atoms with Crippen LogP contribution in [-0.2, 0) is 0 Å². The van der Waals surface area contributed by atoms with E-state index in [1.807, 2.05) is 0 Å². The second-order valence-corrected chi connectivity index (χ2v) is 5.01. The average Bonchev–Trinajstić information content (AvgIpc) is 2.42. The molecule has 2 rings (SSSR count). The maximum atomic E-state index is 13.2. The zero-order chi connectivity index (χ0) is 13.8. The van der Waals surface area contributed by atoms with Crippen LogP contribution in [0.25, 0.3) is 0 Å². The zero-order valence-corrected chi connectivity index (χ0v) is 11.3. The van der Waals surface area contributed by atoms with Crippen LogP contribution in [0.1, 0.15) is 18.5 Å². The number of likely N-dealkylation sites (N-methyl/N-ethyl adjacent to an activating group) is 1.